The number of halogens is 3. The van der Waals surface area contributed by atoms with Gasteiger partial charge in [-0.2, -0.15) is 28.5 Å². The van der Waals surface area contributed by atoms with Crippen LogP contribution in [-0.2, 0) is 12.7 Å². The molecule has 0 aliphatic carbocycles. The zero-order valence-electron chi connectivity index (χ0n) is 17.9. The van der Waals surface area contributed by atoms with E-state index in [0.29, 0.717) is 17.0 Å². The fourth-order valence-corrected chi connectivity index (χ4v) is 3.09. The number of rotatable bonds is 7. The number of nitrogens with one attached hydrogen (secondary N) is 2. The number of hydrogen-bond donors (Lipinski definition) is 2. The van der Waals surface area contributed by atoms with Gasteiger partial charge in [-0.05, 0) is 62.4 Å². The summed E-state index contributed by atoms with van der Waals surface area (Å²) in [6.07, 6.45) is -1.59. The highest BCUT2D eigenvalue weighted by atomic mass is 19.4. The normalized spacial score (nSPS) is 11.6. The summed E-state index contributed by atoms with van der Waals surface area (Å²) in [6, 6.07) is 13.6. The second-order valence-corrected chi connectivity index (χ2v) is 7.57. The first-order chi connectivity index (χ1) is 15.8. The van der Waals surface area contributed by atoms with E-state index in [4.69, 9.17) is 4.74 Å². The number of anilines is 1. The Hall–Kier alpha value is -3.95. The van der Waals surface area contributed by atoms with Gasteiger partial charge in [-0.25, -0.2) is 4.98 Å². The highest BCUT2D eigenvalue weighted by molar-refractivity contribution is 5.64. The summed E-state index contributed by atoms with van der Waals surface area (Å²) in [6.45, 7) is 4.11. The quantitative estimate of drug-likeness (QED) is 0.392. The zero-order valence-corrected chi connectivity index (χ0v) is 17.9. The minimum atomic E-state index is -4.58. The molecule has 4 rings (SSSR count). The number of aromatic amines is 1. The van der Waals surface area contributed by atoms with Crippen molar-refractivity contribution in [2.24, 2.45) is 0 Å². The number of pyridine rings is 1. The van der Waals surface area contributed by atoms with E-state index >= 15 is 0 Å². The molecule has 0 aliphatic heterocycles. The maximum atomic E-state index is 13.3. The van der Waals surface area contributed by atoms with Crippen molar-refractivity contribution in [2.75, 3.05) is 5.32 Å². The molecule has 0 radical (unpaired) electrons. The van der Waals surface area contributed by atoms with Gasteiger partial charge in [-0.3, -0.25) is 5.10 Å². The number of H-pyrrole nitrogens is 1. The molecule has 3 heterocycles. The molecule has 1 aromatic carbocycles. The van der Waals surface area contributed by atoms with E-state index in [0.717, 1.165) is 17.4 Å². The third-order valence-electron chi connectivity index (χ3n) is 4.63. The van der Waals surface area contributed by atoms with Crippen molar-refractivity contribution in [3.8, 4) is 28.3 Å². The van der Waals surface area contributed by atoms with Crippen molar-refractivity contribution in [2.45, 2.75) is 32.7 Å². The van der Waals surface area contributed by atoms with Crippen LogP contribution in [0.3, 0.4) is 0 Å². The summed E-state index contributed by atoms with van der Waals surface area (Å²) in [5.74, 6) is 0.771. The van der Waals surface area contributed by atoms with Gasteiger partial charge in [0.25, 0.3) is 0 Å². The third kappa shape index (κ3) is 5.65. The maximum Gasteiger partial charge on any atom is 0.433 e. The number of nitrogens with zero attached hydrogens (tertiary/aromatic N) is 4. The summed E-state index contributed by atoms with van der Waals surface area (Å²) < 4.78 is 45.5. The van der Waals surface area contributed by atoms with Crippen LogP contribution in [0.2, 0.25) is 0 Å². The maximum absolute atomic E-state index is 13.3. The average molecular weight is 454 g/mol. The van der Waals surface area contributed by atoms with Crippen molar-refractivity contribution >= 4 is 5.69 Å². The van der Waals surface area contributed by atoms with E-state index in [-0.39, 0.29) is 24.0 Å². The van der Waals surface area contributed by atoms with Crippen LogP contribution in [0.1, 0.15) is 25.2 Å². The van der Waals surface area contributed by atoms with E-state index in [1.54, 1.807) is 6.07 Å². The van der Waals surface area contributed by atoms with Crippen molar-refractivity contribution in [3.05, 3.63) is 72.3 Å². The lowest BCUT2D eigenvalue weighted by molar-refractivity contribution is -0.141. The van der Waals surface area contributed by atoms with Crippen LogP contribution in [0.25, 0.3) is 22.5 Å². The van der Waals surface area contributed by atoms with Crippen LogP contribution in [0.4, 0.5) is 18.9 Å². The van der Waals surface area contributed by atoms with Crippen LogP contribution >= 0.6 is 0 Å². The minimum Gasteiger partial charge on any atom is -0.491 e. The molecule has 0 saturated carbocycles. The Morgan fingerprint density at radius 1 is 0.970 bits per heavy atom. The lowest BCUT2D eigenvalue weighted by Gasteiger charge is -2.12. The minimum absolute atomic E-state index is 0.0887. The monoisotopic (exact) mass is 454 g/mol. The zero-order chi connectivity index (χ0) is 23.4. The Balaban J connectivity index is 1.47. The fraction of sp³-hybridized carbons (Fsp3) is 0.217. The molecule has 7 nitrogen and oxygen atoms in total. The summed E-state index contributed by atoms with van der Waals surface area (Å²) in [5.41, 5.74) is 2.03. The Kier molecular flexibility index (Phi) is 6.25. The van der Waals surface area contributed by atoms with Gasteiger partial charge in [0.1, 0.15) is 11.4 Å². The smallest absolute Gasteiger partial charge is 0.433 e. The van der Waals surface area contributed by atoms with Gasteiger partial charge in [0, 0.05) is 23.0 Å². The SMILES string of the molecule is CC(C)Oc1ccc(-c2ccc(CNc3cc(-c4cn[nH]c4)nc(C(F)(F)F)c3)nn2)cc1. The summed E-state index contributed by atoms with van der Waals surface area (Å²) in [4.78, 5) is 3.71. The van der Waals surface area contributed by atoms with Crippen LogP contribution in [0.15, 0.2) is 60.9 Å². The molecule has 33 heavy (non-hydrogen) atoms. The topological polar surface area (TPSA) is 88.6 Å². The molecule has 170 valence electrons. The second-order valence-electron chi connectivity index (χ2n) is 7.57. The highest BCUT2D eigenvalue weighted by Crippen LogP contribution is 2.32. The van der Waals surface area contributed by atoms with Gasteiger partial charge in [0.2, 0.25) is 0 Å². The van der Waals surface area contributed by atoms with Crippen molar-refractivity contribution < 1.29 is 17.9 Å². The standard InChI is InChI=1S/C23H21F3N6O/c1-14(2)33-19-6-3-15(4-7-19)20-8-5-17(31-32-20)13-27-18-9-21(16-11-28-29-12-16)30-22(10-18)23(24,25)26/h3-12,14H,13H2,1-2H3,(H,27,30)(H,28,29). The highest BCUT2D eigenvalue weighted by Gasteiger charge is 2.33. The number of ether oxygens (including phenoxy) is 1. The molecule has 0 amide bonds. The van der Waals surface area contributed by atoms with E-state index in [2.05, 4.69) is 30.7 Å². The number of aromatic nitrogens is 5. The molecule has 10 heteroatoms. The van der Waals surface area contributed by atoms with Crippen LogP contribution in [0.5, 0.6) is 5.75 Å². The molecule has 0 saturated heterocycles. The van der Waals surface area contributed by atoms with Crippen LogP contribution in [0, 0.1) is 0 Å². The van der Waals surface area contributed by atoms with Crippen molar-refractivity contribution in [3.63, 3.8) is 0 Å². The Morgan fingerprint density at radius 2 is 1.76 bits per heavy atom. The first-order valence-electron chi connectivity index (χ1n) is 10.2. The van der Waals surface area contributed by atoms with Crippen LogP contribution in [-0.4, -0.2) is 31.5 Å². The van der Waals surface area contributed by atoms with E-state index in [1.165, 1.54) is 18.5 Å². The van der Waals surface area contributed by atoms with Gasteiger partial charge in [0.05, 0.1) is 35.9 Å². The van der Waals surface area contributed by atoms with Crippen molar-refractivity contribution in [1.82, 2.24) is 25.4 Å². The fourth-order valence-electron chi connectivity index (χ4n) is 3.09. The molecule has 0 unspecified atom stereocenters. The van der Waals surface area contributed by atoms with E-state index in [9.17, 15) is 13.2 Å². The van der Waals surface area contributed by atoms with Gasteiger partial charge < -0.3 is 10.1 Å². The lowest BCUT2D eigenvalue weighted by atomic mass is 10.1. The first-order valence-corrected chi connectivity index (χ1v) is 10.2. The van der Waals surface area contributed by atoms with E-state index in [1.807, 2.05) is 44.2 Å². The molecule has 2 N–H and O–H groups in total. The van der Waals surface area contributed by atoms with Crippen LogP contribution < -0.4 is 10.1 Å². The molecule has 0 atom stereocenters. The van der Waals surface area contributed by atoms with Gasteiger partial charge >= 0.3 is 6.18 Å². The predicted molar refractivity (Wildman–Crippen MR) is 117 cm³/mol. The summed E-state index contributed by atoms with van der Waals surface area (Å²) in [7, 11) is 0. The predicted octanol–water partition coefficient (Wildman–Crippen LogP) is 5.35. The molecule has 4 aromatic rings. The van der Waals surface area contributed by atoms with Gasteiger partial charge in [0.15, 0.2) is 0 Å². The largest absolute Gasteiger partial charge is 0.491 e. The third-order valence-corrected chi connectivity index (χ3v) is 4.63. The molecule has 0 fully saturated rings. The molecule has 3 aromatic heterocycles. The molecular weight excluding hydrogens is 433 g/mol. The first kappa shape index (κ1) is 22.3. The average Bonchev–Trinajstić information content (AvgIpc) is 3.33. The number of benzene rings is 1. The Morgan fingerprint density at radius 3 is 2.36 bits per heavy atom. The number of alkyl halides is 3. The Labute approximate surface area is 188 Å². The molecule has 0 bridgehead atoms. The van der Waals surface area contributed by atoms with Crippen molar-refractivity contribution in [1.29, 1.82) is 0 Å². The number of hydrogen-bond acceptors (Lipinski definition) is 6. The Bertz CT molecular complexity index is 1190. The second kappa shape index (κ2) is 9.27. The molecule has 0 spiro atoms. The summed E-state index contributed by atoms with van der Waals surface area (Å²) >= 11 is 0. The van der Waals surface area contributed by atoms with E-state index < -0.39 is 11.9 Å². The van der Waals surface area contributed by atoms with Gasteiger partial charge in [-0.1, -0.05) is 0 Å². The lowest BCUT2D eigenvalue weighted by Crippen LogP contribution is -2.10. The van der Waals surface area contributed by atoms with Gasteiger partial charge in [-0.15, -0.1) is 0 Å². The molecule has 0 aliphatic rings. The summed E-state index contributed by atoms with van der Waals surface area (Å²) in [5, 5.41) is 17.7. The molecular formula is C23H21F3N6O.